The summed E-state index contributed by atoms with van der Waals surface area (Å²) in [4.78, 5) is 0. The quantitative estimate of drug-likeness (QED) is 0.829. The Morgan fingerprint density at radius 2 is 2.20 bits per heavy atom. The minimum Gasteiger partial charge on any atom is -0.306 e. The molecule has 0 aliphatic rings. The van der Waals surface area contributed by atoms with Gasteiger partial charge in [0.1, 0.15) is 5.82 Å². The molecule has 1 unspecified atom stereocenters. The number of benzene rings is 1. The molecule has 0 fully saturated rings. The number of hydrogen-bond acceptors (Lipinski definition) is 1. The Kier molecular flexibility index (Phi) is 4.79. The summed E-state index contributed by atoms with van der Waals surface area (Å²) in [7, 11) is 0. The molecule has 0 saturated heterocycles. The third-order valence-corrected chi connectivity index (χ3v) is 2.62. The number of nitrogens with one attached hydrogen (secondary N) is 1. The van der Waals surface area contributed by atoms with Gasteiger partial charge in [-0.25, -0.2) is 4.39 Å². The van der Waals surface area contributed by atoms with Crippen molar-refractivity contribution in [1.82, 2.24) is 5.32 Å². The highest BCUT2D eigenvalue weighted by atomic mass is 35.5. The van der Waals surface area contributed by atoms with Gasteiger partial charge in [0.2, 0.25) is 0 Å². The second kappa shape index (κ2) is 5.89. The molecule has 0 amide bonds. The van der Waals surface area contributed by atoms with E-state index in [2.05, 4.69) is 5.32 Å². The van der Waals surface area contributed by atoms with Crippen LogP contribution in [0.15, 0.2) is 35.4 Å². The first kappa shape index (κ1) is 12.2. The van der Waals surface area contributed by atoms with Gasteiger partial charge in [-0.15, -0.1) is 0 Å². The molecule has 0 heterocycles. The van der Waals surface area contributed by atoms with Gasteiger partial charge in [0.05, 0.1) is 0 Å². The zero-order valence-corrected chi connectivity index (χ0v) is 9.68. The van der Waals surface area contributed by atoms with Gasteiger partial charge in [0.25, 0.3) is 0 Å². The lowest BCUT2D eigenvalue weighted by Crippen LogP contribution is -2.21. The lowest BCUT2D eigenvalue weighted by atomic mass is 10.1. The van der Waals surface area contributed by atoms with E-state index in [9.17, 15) is 4.39 Å². The maximum atomic E-state index is 13.4. The van der Waals surface area contributed by atoms with Crippen LogP contribution in [-0.4, -0.2) is 6.54 Å². The van der Waals surface area contributed by atoms with Crippen LogP contribution in [0.3, 0.4) is 0 Å². The van der Waals surface area contributed by atoms with Crippen LogP contribution >= 0.6 is 11.6 Å². The lowest BCUT2D eigenvalue weighted by molar-refractivity contribution is 0.545. The minimum absolute atomic E-state index is 0.0160. The van der Waals surface area contributed by atoms with Gasteiger partial charge >= 0.3 is 0 Å². The van der Waals surface area contributed by atoms with Gasteiger partial charge in [0, 0.05) is 23.7 Å². The molecular formula is C12H15ClFN. The molecule has 0 bridgehead atoms. The average molecular weight is 228 g/mol. The molecular weight excluding hydrogens is 213 g/mol. The average Bonchev–Trinajstić information content (AvgIpc) is 2.26. The van der Waals surface area contributed by atoms with Crippen LogP contribution in [0.1, 0.15) is 25.5 Å². The van der Waals surface area contributed by atoms with Crippen molar-refractivity contribution in [1.29, 1.82) is 0 Å². The Morgan fingerprint density at radius 3 is 2.80 bits per heavy atom. The van der Waals surface area contributed by atoms with E-state index < -0.39 is 0 Å². The highest BCUT2D eigenvalue weighted by molar-refractivity contribution is 6.25. The van der Waals surface area contributed by atoms with Gasteiger partial charge in [0.15, 0.2) is 0 Å². The molecule has 1 nitrogen and oxygen atoms in total. The lowest BCUT2D eigenvalue weighted by Gasteiger charge is -2.14. The van der Waals surface area contributed by atoms with E-state index in [-0.39, 0.29) is 11.9 Å². The Hall–Kier alpha value is -0.860. The first-order valence-electron chi connectivity index (χ1n) is 4.89. The first-order valence-corrected chi connectivity index (χ1v) is 5.32. The number of rotatable bonds is 4. The predicted molar refractivity (Wildman–Crippen MR) is 62.4 cm³/mol. The molecule has 0 radical (unpaired) electrons. The molecule has 1 atom stereocenters. The Labute approximate surface area is 95.0 Å². The molecule has 0 saturated carbocycles. The standard InChI is InChI=1S/C12H15ClFN/c1-9(7-13)8-15-10(2)11-5-3-4-6-12(11)14/h3-7,10,15H,8H2,1-2H3/b9-7+. The van der Waals surface area contributed by atoms with Gasteiger partial charge in [-0.3, -0.25) is 0 Å². The molecule has 0 aliphatic heterocycles. The Morgan fingerprint density at radius 1 is 1.53 bits per heavy atom. The van der Waals surface area contributed by atoms with Crippen LogP contribution < -0.4 is 5.32 Å². The van der Waals surface area contributed by atoms with Crippen molar-refractivity contribution in [3.8, 4) is 0 Å². The summed E-state index contributed by atoms with van der Waals surface area (Å²) in [5, 5.41) is 3.20. The van der Waals surface area contributed by atoms with Crippen molar-refractivity contribution in [2.45, 2.75) is 19.9 Å². The van der Waals surface area contributed by atoms with E-state index in [0.29, 0.717) is 12.1 Å². The molecule has 0 spiro atoms. The fourth-order valence-corrected chi connectivity index (χ4v) is 1.37. The van der Waals surface area contributed by atoms with Crippen LogP contribution in [0.25, 0.3) is 0 Å². The van der Waals surface area contributed by atoms with E-state index in [0.717, 1.165) is 5.57 Å². The third-order valence-electron chi connectivity index (χ3n) is 2.25. The molecule has 0 aromatic heterocycles. The van der Waals surface area contributed by atoms with Gasteiger partial charge in [-0.05, 0) is 25.5 Å². The van der Waals surface area contributed by atoms with Crippen LogP contribution in [0.5, 0.6) is 0 Å². The van der Waals surface area contributed by atoms with E-state index in [1.54, 1.807) is 12.1 Å². The zero-order chi connectivity index (χ0) is 11.3. The van der Waals surface area contributed by atoms with E-state index in [1.165, 1.54) is 11.6 Å². The van der Waals surface area contributed by atoms with Crippen molar-refractivity contribution in [2.75, 3.05) is 6.54 Å². The maximum absolute atomic E-state index is 13.4. The SMILES string of the molecule is C/C(=C\Cl)CNC(C)c1ccccc1F. The summed E-state index contributed by atoms with van der Waals surface area (Å²) in [5.41, 5.74) is 3.24. The summed E-state index contributed by atoms with van der Waals surface area (Å²) < 4.78 is 13.4. The normalized spacial score (nSPS) is 14.0. The van der Waals surface area contributed by atoms with E-state index in [1.807, 2.05) is 19.9 Å². The molecule has 15 heavy (non-hydrogen) atoms. The van der Waals surface area contributed by atoms with Crippen molar-refractivity contribution in [3.05, 3.63) is 46.8 Å². The van der Waals surface area contributed by atoms with Crippen molar-refractivity contribution in [3.63, 3.8) is 0 Å². The second-order valence-corrected chi connectivity index (χ2v) is 3.80. The smallest absolute Gasteiger partial charge is 0.127 e. The van der Waals surface area contributed by atoms with Crippen LogP contribution in [0, 0.1) is 5.82 Å². The summed E-state index contributed by atoms with van der Waals surface area (Å²) >= 11 is 5.54. The first-order chi connectivity index (χ1) is 7.15. The molecule has 82 valence electrons. The van der Waals surface area contributed by atoms with E-state index >= 15 is 0 Å². The van der Waals surface area contributed by atoms with Crippen LogP contribution in [0.4, 0.5) is 4.39 Å². The summed E-state index contributed by atoms with van der Waals surface area (Å²) in [6.45, 7) is 4.52. The molecule has 1 rings (SSSR count). The predicted octanol–water partition coefficient (Wildman–Crippen LogP) is 3.62. The van der Waals surface area contributed by atoms with Crippen LogP contribution in [0.2, 0.25) is 0 Å². The highest BCUT2D eigenvalue weighted by Crippen LogP contribution is 2.15. The Bertz CT molecular complexity index is 349. The van der Waals surface area contributed by atoms with Gasteiger partial charge in [-0.1, -0.05) is 29.8 Å². The van der Waals surface area contributed by atoms with Crippen molar-refractivity contribution >= 4 is 11.6 Å². The summed E-state index contributed by atoms with van der Waals surface area (Å²) in [5.74, 6) is -0.176. The zero-order valence-electron chi connectivity index (χ0n) is 8.93. The molecule has 0 aliphatic carbocycles. The fraction of sp³-hybridized carbons (Fsp3) is 0.333. The molecule has 1 N–H and O–H groups in total. The second-order valence-electron chi connectivity index (χ2n) is 3.58. The highest BCUT2D eigenvalue weighted by Gasteiger charge is 2.08. The Balaban J connectivity index is 2.61. The monoisotopic (exact) mass is 227 g/mol. The molecule has 1 aromatic rings. The van der Waals surface area contributed by atoms with Gasteiger partial charge < -0.3 is 5.32 Å². The summed E-state index contributed by atoms with van der Waals surface area (Å²) in [6, 6.07) is 6.76. The fourth-order valence-electron chi connectivity index (χ4n) is 1.29. The number of hydrogen-bond donors (Lipinski definition) is 1. The van der Waals surface area contributed by atoms with Gasteiger partial charge in [-0.2, -0.15) is 0 Å². The third kappa shape index (κ3) is 3.65. The summed E-state index contributed by atoms with van der Waals surface area (Å²) in [6.07, 6.45) is 0. The van der Waals surface area contributed by atoms with E-state index in [4.69, 9.17) is 11.6 Å². The topological polar surface area (TPSA) is 12.0 Å². The minimum atomic E-state index is -0.176. The number of halogens is 2. The van der Waals surface area contributed by atoms with Crippen LogP contribution in [-0.2, 0) is 0 Å². The molecule has 3 heteroatoms. The molecule has 1 aromatic carbocycles. The maximum Gasteiger partial charge on any atom is 0.127 e. The van der Waals surface area contributed by atoms with Crippen molar-refractivity contribution in [2.24, 2.45) is 0 Å². The largest absolute Gasteiger partial charge is 0.306 e. The van der Waals surface area contributed by atoms with Crippen molar-refractivity contribution < 1.29 is 4.39 Å².